The molecule has 5 heterocycles. The van der Waals surface area contributed by atoms with E-state index in [0.717, 1.165) is 35.0 Å². The minimum Gasteiger partial charge on any atom is -0.449 e. The Morgan fingerprint density at radius 3 is 2.97 bits per heavy atom. The van der Waals surface area contributed by atoms with E-state index in [1.807, 2.05) is 32.2 Å². The second-order valence-electron chi connectivity index (χ2n) is 8.53. The fraction of sp³-hybridized carbons (Fsp3) is 0.304. The molecule has 168 valence electrons. The lowest BCUT2D eigenvalue weighted by molar-refractivity contribution is 0.0920. The molecule has 33 heavy (non-hydrogen) atoms. The van der Waals surface area contributed by atoms with E-state index >= 15 is 0 Å². The van der Waals surface area contributed by atoms with Crippen molar-refractivity contribution in [3.8, 4) is 11.8 Å². The van der Waals surface area contributed by atoms with Gasteiger partial charge in [0.1, 0.15) is 5.58 Å². The number of amides is 1. The highest BCUT2D eigenvalue weighted by Gasteiger charge is 2.27. The molecular formula is C23H21ClN6O3. The van der Waals surface area contributed by atoms with E-state index in [9.17, 15) is 4.79 Å². The molecule has 0 saturated carbocycles. The SMILES string of the molecule is CC1CNc2c(oc3ccc4nc(Oc5nc(Cl)nc6c5CN(C)CC6)ccc4c23)C(=O)N1. The molecule has 1 amide bonds. The number of ether oxygens (including phenoxy) is 1. The molecule has 9 nitrogen and oxygen atoms in total. The molecule has 6 rings (SSSR count). The number of anilines is 1. The maximum atomic E-state index is 12.5. The van der Waals surface area contributed by atoms with Crippen LogP contribution in [0.2, 0.25) is 5.28 Å². The number of furan rings is 1. The van der Waals surface area contributed by atoms with E-state index in [4.69, 9.17) is 25.7 Å². The normalized spacial score (nSPS) is 18.4. The lowest BCUT2D eigenvalue weighted by Gasteiger charge is -2.25. The number of nitrogens with one attached hydrogen (secondary N) is 2. The van der Waals surface area contributed by atoms with Gasteiger partial charge in [-0.2, -0.15) is 4.98 Å². The van der Waals surface area contributed by atoms with E-state index in [-0.39, 0.29) is 23.0 Å². The molecule has 0 radical (unpaired) electrons. The van der Waals surface area contributed by atoms with Crippen molar-refractivity contribution < 1.29 is 13.9 Å². The second-order valence-corrected chi connectivity index (χ2v) is 8.87. The van der Waals surface area contributed by atoms with Gasteiger partial charge in [0.15, 0.2) is 0 Å². The van der Waals surface area contributed by atoms with Gasteiger partial charge in [0.25, 0.3) is 5.91 Å². The van der Waals surface area contributed by atoms with Gasteiger partial charge >= 0.3 is 0 Å². The molecule has 1 atom stereocenters. The zero-order chi connectivity index (χ0) is 22.7. The highest BCUT2D eigenvalue weighted by Crippen LogP contribution is 2.38. The Morgan fingerprint density at radius 2 is 2.09 bits per heavy atom. The summed E-state index contributed by atoms with van der Waals surface area (Å²) in [5.41, 5.74) is 3.86. The number of benzene rings is 1. The van der Waals surface area contributed by atoms with Crippen molar-refractivity contribution in [2.24, 2.45) is 0 Å². The fourth-order valence-electron chi connectivity index (χ4n) is 4.44. The summed E-state index contributed by atoms with van der Waals surface area (Å²) in [5, 5.41) is 8.12. The van der Waals surface area contributed by atoms with Crippen molar-refractivity contribution in [2.75, 3.05) is 25.5 Å². The van der Waals surface area contributed by atoms with Crippen LogP contribution in [-0.4, -0.2) is 51.9 Å². The number of nitrogens with zero attached hydrogens (tertiary/aromatic N) is 4. The number of rotatable bonds is 2. The van der Waals surface area contributed by atoms with Crippen molar-refractivity contribution in [1.29, 1.82) is 0 Å². The topological polar surface area (TPSA) is 105 Å². The Kier molecular flexibility index (Phi) is 4.63. The molecule has 0 fully saturated rings. The van der Waals surface area contributed by atoms with E-state index in [2.05, 4.69) is 25.5 Å². The van der Waals surface area contributed by atoms with Crippen LogP contribution in [0.5, 0.6) is 11.8 Å². The summed E-state index contributed by atoms with van der Waals surface area (Å²) in [6.07, 6.45) is 0.790. The van der Waals surface area contributed by atoms with Crippen LogP contribution in [-0.2, 0) is 13.0 Å². The third-order valence-electron chi connectivity index (χ3n) is 6.05. The highest BCUT2D eigenvalue weighted by atomic mass is 35.5. The van der Waals surface area contributed by atoms with Crippen LogP contribution in [0.15, 0.2) is 28.7 Å². The average molecular weight is 465 g/mol. The van der Waals surface area contributed by atoms with Crippen LogP contribution in [0.3, 0.4) is 0 Å². The number of likely N-dealkylation sites (N-methyl/N-ethyl adjacent to an activating group) is 1. The number of halogens is 1. The second kappa shape index (κ2) is 7.57. The first kappa shape index (κ1) is 20.2. The Hall–Kier alpha value is -3.43. The molecule has 10 heteroatoms. The van der Waals surface area contributed by atoms with Gasteiger partial charge in [-0.05, 0) is 43.8 Å². The number of pyridine rings is 1. The Morgan fingerprint density at radius 1 is 1.21 bits per heavy atom. The molecule has 0 bridgehead atoms. The van der Waals surface area contributed by atoms with E-state index < -0.39 is 0 Å². The Balaban J connectivity index is 1.43. The molecular weight excluding hydrogens is 444 g/mol. The van der Waals surface area contributed by atoms with Gasteiger partial charge in [0.05, 0.1) is 27.8 Å². The third-order valence-corrected chi connectivity index (χ3v) is 6.22. The first-order valence-corrected chi connectivity index (χ1v) is 11.2. The summed E-state index contributed by atoms with van der Waals surface area (Å²) >= 11 is 6.15. The minimum absolute atomic E-state index is 0.00656. The molecule has 0 saturated heterocycles. The van der Waals surface area contributed by atoms with Gasteiger partial charge in [0.2, 0.25) is 22.8 Å². The maximum absolute atomic E-state index is 12.5. The van der Waals surface area contributed by atoms with Crippen LogP contribution >= 0.6 is 11.6 Å². The van der Waals surface area contributed by atoms with Crippen molar-refractivity contribution in [3.63, 3.8) is 0 Å². The zero-order valence-corrected chi connectivity index (χ0v) is 18.9. The summed E-state index contributed by atoms with van der Waals surface area (Å²) in [4.78, 5) is 28.1. The summed E-state index contributed by atoms with van der Waals surface area (Å²) < 4.78 is 12.0. The van der Waals surface area contributed by atoms with Gasteiger partial charge in [-0.25, -0.2) is 9.97 Å². The van der Waals surface area contributed by atoms with Crippen LogP contribution in [0.25, 0.3) is 21.9 Å². The van der Waals surface area contributed by atoms with Crippen molar-refractivity contribution in [2.45, 2.75) is 25.9 Å². The predicted molar refractivity (Wildman–Crippen MR) is 124 cm³/mol. The minimum atomic E-state index is -0.227. The van der Waals surface area contributed by atoms with Crippen LogP contribution < -0.4 is 15.4 Å². The van der Waals surface area contributed by atoms with Crippen LogP contribution in [0.4, 0.5) is 5.69 Å². The van der Waals surface area contributed by atoms with Crippen LogP contribution in [0.1, 0.15) is 28.7 Å². The summed E-state index contributed by atoms with van der Waals surface area (Å²) in [5.74, 6) is 0.888. The van der Waals surface area contributed by atoms with Crippen LogP contribution in [0, 0.1) is 0 Å². The molecule has 0 spiro atoms. The number of hydrogen-bond donors (Lipinski definition) is 2. The lowest BCUT2D eigenvalue weighted by Crippen LogP contribution is -2.34. The Labute approximate surface area is 194 Å². The number of carbonyl (C=O) groups is 1. The molecule has 0 aliphatic carbocycles. The monoisotopic (exact) mass is 464 g/mol. The van der Waals surface area contributed by atoms with Gasteiger partial charge < -0.3 is 24.7 Å². The zero-order valence-electron chi connectivity index (χ0n) is 18.1. The van der Waals surface area contributed by atoms with Gasteiger partial charge in [-0.15, -0.1) is 0 Å². The van der Waals surface area contributed by atoms with Crippen molar-refractivity contribution in [1.82, 2.24) is 25.2 Å². The van der Waals surface area contributed by atoms with Gasteiger partial charge in [0, 0.05) is 43.5 Å². The molecule has 2 N–H and O–H groups in total. The summed E-state index contributed by atoms with van der Waals surface area (Å²) in [6.45, 7) is 4.14. The molecule has 4 aromatic rings. The first-order chi connectivity index (χ1) is 16.0. The quantitative estimate of drug-likeness (QED) is 0.432. The standard InChI is InChI=1S/C23H21ClN6O3/c1-11-9-25-19-18-12-3-6-17(27-14(12)4-5-16(18)32-20(19)21(31)26-11)33-22-13-10-30(2)8-7-15(13)28-23(24)29-22/h3-6,11,25H,7-10H2,1-2H3,(H,26,31). The lowest BCUT2D eigenvalue weighted by atomic mass is 10.1. The largest absolute Gasteiger partial charge is 0.449 e. The average Bonchev–Trinajstić information content (AvgIpc) is 3.10. The summed E-state index contributed by atoms with van der Waals surface area (Å²) in [6, 6.07) is 7.37. The molecule has 2 aliphatic heterocycles. The van der Waals surface area contributed by atoms with Gasteiger partial charge in [-0.3, -0.25) is 4.79 Å². The van der Waals surface area contributed by atoms with Crippen molar-refractivity contribution >= 4 is 45.1 Å². The smallest absolute Gasteiger partial charge is 0.289 e. The molecule has 1 unspecified atom stereocenters. The molecule has 3 aromatic heterocycles. The number of carbonyl (C=O) groups excluding carboxylic acids is 1. The summed E-state index contributed by atoms with van der Waals surface area (Å²) in [7, 11) is 2.05. The highest BCUT2D eigenvalue weighted by molar-refractivity contribution is 6.28. The molecule has 2 aliphatic rings. The number of fused-ring (bicyclic) bond motifs is 6. The predicted octanol–water partition coefficient (Wildman–Crippen LogP) is 3.75. The van der Waals surface area contributed by atoms with E-state index in [0.29, 0.717) is 41.6 Å². The van der Waals surface area contributed by atoms with E-state index in [1.54, 1.807) is 6.07 Å². The third kappa shape index (κ3) is 3.44. The Bertz CT molecular complexity index is 1440. The first-order valence-electron chi connectivity index (χ1n) is 10.8. The fourth-order valence-corrected chi connectivity index (χ4v) is 4.62. The number of hydrogen-bond acceptors (Lipinski definition) is 8. The maximum Gasteiger partial charge on any atom is 0.289 e. The van der Waals surface area contributed by atoms with Crippen molar-refractivity contribution in [3.05, 3.63) is 46.6 Å². The van der Waals surface area contributed by atoms with Gasteiger partial charge in [-0.1, -0.05) is 0 Å². The number of aromatic nitrogens is 3. The molecule has 1 aromatic carbocycles. The van der Waals surface area contributed by atoms with E-state index in [1.165, 1.54) is 0 Å².